The highest BCUT2D eigenvalue weighted by atomic mass is 19.4. The minimum absolute atomic E-state index is 0.211. The van der Waals surface area contributed by atoms with Gasteiger partial charge in [0.15, 0.2) is 5.82 Å². The van der Waals surface area contributed by atoms with Gasteiger partial charge in [-0.15, -0.1) is 0 Å². The van der Waals surface area contributed by atoms with Crippen molar-refractivity contribution in [3.05, 3.63) is 47.3 Å². The molecule has 1 saturated heterocycles. The number of nitrogen functional groups attached to an aromatic ring is 1. The topological polar surface area (TPSA) is 106 Å². The van der Waals surface area contributed by atoms with Gasteiger partial charge in [0.05, 0.1) is 29.4 Å². The van der Waals surface area contributed by atoms with E-state index < -0.39 is 101 Å². The zero-order chi connectivity index (χ0) is 28.2. The molecule has 0 unspecified atom stereocenters. The van der Waals surface area contributed by atoms with Gasteiger partial charge in [-0.25, -0.2) is 22.7 Å². The summed E-state index contributed by atoms with van der Waals surface area (Å²) < 4.78 is 122. The number of alkyl halides is 7. The van der Waals surface area contributed by atoms with Crippen molar-refractivity contribution in [1.82, 2.24) is 24.8 Å². The molecule has 0 bridgehead atoms. The Bertz CT molecular complexity index is 1420. The van der Waals surface area contributed by atoms with E-state index >= 15 is 0 Å². The van der Waals surface area contributed by atoms with Crippen LogP contribution in [0.15, 0.2) is 24.5 Å². The van der Waals surface area contributed by atoms with Gasteiger partial charge in [-0.05, 0) is 12.1 Å². The fraction of sp³-hybridized carbons (Fsp3) is 0.333. The monoisotopic (exact) mass is 554 g/mol. The van der Waals surface area contributed by atoms with Crippen LogP contribution in [0.5, 0.6) is 0 Å². The van der Waals surface area contributed by atoms with E-state index in [1.807, 2.05) is 5.32 Å². The number of carbonyl (C=O) groups excluding carboxylic acids is 2. The molecule has 0 aliphatic carbocycles. The molecule has 0 saturated carbocycles. The molecule has 3 heterocycles. The Balaban J connectivity index is 1.66. The van der Waals surface area contributed by atoms with Crippen LogP contribution in [0.1, 0.15) is 22.3 Å². The average molecular weight is 554 g/mol. The summed E-state index contributed by atoms with van der Waals surface area (Å²) in [7, 11) is 0. The van der Waals surface area contributed by atoms with Gasteiger partial charge in [0.2, 0.25) is 5.91 Å². The zero-order valence-electron chi connectivity index (χ0n) is 18.7. The summed E-state index contributed by atoms with van der Waals surface area (Å²) in [5.41, 5.74) is 1.29. The quantitative estimate of drug-likeness (QED) is 0.481. The number of amides is 2. The number of aromatic nitrogens is 3. The molecular weight excluding hydrogens is 539 g/mol. The molecule has 204 valence electrons. The Morgan fingerprint density at radius 1 is 1.05 bits per heavy atom. The van der Waals surface area contributed by atoms with Crippen LogP contribution < -0.4 is 11.1 Å². The number of anilines is 1. The van der Waals surface area contributed by atoms with Gasteiger partial charge in [-0.1, -0.05) is 0 Å². The molecule has 1 aliphatic rings. The van der Waals surface area contributed by atoms with Crippen molar-refractivity contribution in [3.8, 4) is 11.3 Å². The van der Waals surface area contributed by atoms with Gasteiger partial charge in [0.25, 0.3) is 5.91 Å². The van der Waals surface area contributed by atoms with Crippen LogP contribution in [0.25, 0.3) is 16.8 Å². The number of nitrogens with two attached hydrogens (primary N) is 1. The van der Waals surface area contributed by atoms with E-state index in [2.05, 4.69) is 10.1 Å². The number of benzene rings is 1. The predicted octanol–water partition coefficient (Wildman–Crippen LogP) is 3.51. The first-order chi connectivity index (χ1) is 17.6. The molecule has 1 aliphatic heterocycles. The van der Waals surface area contributed by atoms with E-state index in [1.165, 1.54) is 0 Å². The van der Waals surface area contributed by atoms with Crippen LogP contribution >= 0.6 is 0 Å². The van der Waals surface area contributed by atoms with Crippen molar-refractivity contribution in [2.45, 2.75) is 31.0 Å². The first-order valence-electron chi connectivity index (χ1n) is 10.5. The van der Waals surface area contributed by atoms with Gasteiger partial charge in [-0.2, -0.15) is 31.4 Å². The summed E-state index contributed by atoms with van der Waals surface area (Å²) in [5, 5.41) is 5.65. The van der Waals surface area contributed by atoms with Crippen molar-refractivity contribution >= 4 is 23.1 Å². The van der Waals surface area contributed by atoms with E-state index in [4.69, 9.17) is 5.73 Å². The van der Waals surface area contributed by atoms with Crippen molar-refractivity contribution in [1.29, 1.82) is 0 Å². The van der Waals surface area contributed by atoms with Crippen molar-refractivity contribution < 1.29 is 49.1 Å². The number of carbonyl (C=O) groups is 2. The van der Waals surface area contributed by atoms with Crippen LogP contribution in [-0.4, -0.2) is 62.8 Å². The summed E-state index contributed by atoms with van der Waals surface area (Å²) in [5.74, 6) is -6.23. The summed E-state index contributed by atoms with van der Waals surface area (Å²) in [6.45, 7) is -1.43. The second-order valence-corrected chi connectivity index (χ2v) is 8.35. The molecule has 8 nitrogen and oxygen atoms in total. The normalized spacial score (nSPS) is 18.3. The standard InChI is InChI=1S/C21H15F9N6O2/c22-11-3-12(23)9(19(38)34-14-6-35(5-13(14)24)16(37)4-20(25,26)27)1-8(11)15-2-10(21(28,29)30)17-18(31)32-7-33-36(15)17/h1-3,7,13-14H,4-6H2,(H,34,38)(H2,31,32,33)/t13-,14+/m0/s1. The maximum Gasteiger partial charge on any atom is 0.418 e. The number of nitrogens with one attached hydrogen (secondary N) is 1. The largest absolute Gasteiger partial charge is 0.418 e. The fourth-order valence-corrected chi connectivity index (χ4v) is 4.03. The molecule has 38 heavy (non-hydrogen) atoms. The average Bonchev–Trinajstić information content (AvgIpc) is 3.34. The summed E-state index contributed by atoms with van der Waals surface area (Å²) >= 11 is 0. The number of hydrogen-bond acceptors (Lipinski definition) is 5. The van der Waals surface area contributed by atoms with Gasteiger partial charge in [-0.3, -0.25) is 9.59 Å². The highest BCUT2D eigenvalue weighted by molar-refractivity contribution is 5.96. The highest BCUT2D eigenvalue weighted by Crippen LogP contribution is 2.39. The Labute approximate surface area is 206 Å². The lowest BCUT2D eigenvalue weighted by Crippen LogP contribution is -2.42. The third-order valence-corrected chi connectivity index (χ3v) is 5.73. The fourth-order valence-electron chi connectivity index (χ4n) is 4.03. The lowest BCUT2D eigenvalue weighted by Gasteiger charge is -2.18. The zero-order valence-corrected chi connectivity index (χ0v) is 18.7. The van der Waals surface area contributed by atoms with Gasteiger partial charge in [0, 0.05) is 18.2 Å². The van der Waals surface area contributed by atoms with E-state index in [1.54, 1.807) is 0 Å². The Hall–Kier alpha value is -4.05. The number of likely N-dealkylation sites (tertiary alicyclic amines) is 1. The molecular formula is C21H15F9N6O2. The van der Waals surface area contributed by atoms with E-state index in [9.17, 15) is 49.1 Å². The van der Waals surface area contributed by atoms with Gasteiger partial charge in [0.1, 0.15) is 36.1 Å². The summed E-state index contributed by atoms with van der Waals surface area (Å²) in [4.78, 5) is 28.4. The van der Waals surface area contributed by atoms with Crippen LogP contribution in [0.2, 0.25) is 0 Å². The third-order valence-electron chi connectivity index (χ3n) is 5.73. The van der Waals surface area contributed by atoms with Crippen molar-refractivity contribution in [2.75, 3.05) is 18.8 Å². The third kappa shape index (κ3) is 5.17. The van der Waals surface area contributed by atoms with Gasteiger partial charge >= 0.3 is 12.4 Å². The number of hydrogen-bond donors (Lipinski definition) is 2. The number of fused-ring (bicyclic) bond motifs is 1. The van der Waals surface area contributed by atoms with E-state index in [-0.39, 0.29) is 6.07 Å². The molecule has 17 heteroatoms. The smallest absolute Gasteiger partial charge is 0.382 e. The number of nitrogens with zero attached hydrogens (tertiary/aromatic N) is 4. The molecule has 1 fully saturated rings. The number of rotatable bonds is 4. The van der Waals surface area contributed by atoms with E-state index in [0.717, 1.165) is 6.33 Å². The summed E-state index contributed by atoms with van der Waals surface area (Å²) in [6, 6.07) is -0.292. The van der Waals surface area contributed by atoms with Gasteiger partial charge < -0.3 is 16.0 Å². The minimum Gasteiger partial charge on any atom is -0.382 e. The Morgan fingerprint density at radius 2 is 1.74 bits per heavy atom. The van der Waals surface area contributed by atoms with Crippen LogP contribution in [-0.2, 0) is 11.0 Å². The maximum absolute atomic E-state index is 14.7. The molecule has 1 aromatic carbocycles. The molecule has 3 N–H and O–H groups in total. The molecule has 2 atom stereocenters. The Kier molecular flexibility index (Phi) is 6.65. The lowest BCUT2D eigenvalue weighted by molar-refractivity contribution is -0.160. The van der Waals surface area contributed by atoms with E-state index in [0.29, 0.717) is 21.5 Å². The SMILES string of the molecule is Nc1ncnn2c(-c3cc(C(=O)N[C@@H]4CN(C(=O)CC(F)(F)F)C[C@@H]4F)c(F)cc3F)cc(C(F)(F)F)c12. The van der Waals surface area contributed by atoms with Crippen LogP contribution in [0.4, 0.5) is 45.3 Å². The minimum atomic E-state index is -4.98. The molecule has 2 amide bonds. The Morgan fingerprint density at radius 3 is 2.37 bits per heavy atom. The molecule has 4 rings (SSSR count). The van der Waals surface area contributed by atoms with Crippen molar-refractivity contribution in [2.24, 2.45) is 0 Å². The van der Waals surface area contributed by atoms with Crippen LogP contribution in [0.3, 0.4) is 0 Å². The second kappa shape index (κ2) is 9.36. The molecule has 3 aromatic rings. The second-order valence-electron chi connectivity index (χ2n) is 8.35. The van der Waals surface area contributed by atoms with Crippen molar-refractivity contribution in [3.63, 3.8) is 0 Å². The molecule has 2 aromatic heterocycles. The highest BCUT2D eigenvalue weighted by Gasteiger charge is 2.41. The molecule has 0 radical (unpaired) electrons. The molecule has 0 spiro atoms. The maximum atomic E-state index is 14.7. The first-order valence-corrected chi connectivity index (χ1v) is 10.5. The predicted molar refractivity (Wildman–Crippen MR) is 111 cm³/mol. The number of halogens is 9. The first kappa shape index (κ1) is 27.0. The lowest BCUT2D eigenvalue weighted by atomic mass is 10.0. The summed E-state index contributed by atoms with van der Waals surface area (Å²) in [6.07, 6.45) is -12.9. The van der Waals surface area contributed by atoms with Crippen LogP contribution in [0, 0.1) is 11.6 Å².